The predicted molar refractivity (Wildman–Crippen MR) is 120 cm³/mol. The summed E-state index contributed by atoms with van der Waals surface area (Å²) in [4.78, 5) is 13.5. The molecule has 0 unspecified atom stereocenters. The van der Waals surface area contributed by atoms with Crippen molar-refractivity contribution in [2.75, 3.05) is 20.0 Å². The monoisotopic (exact) mass is 455 g/mol. The Bertz CT molecular complexity index is 907. The van der Waals surface area contributed by atoms with E-state index in [0.29, 0.717) is 25.2 Å². The van der Waals surface area contributed by atoms with Crippen molar-refractivity contribution in [3.63, 3.8) is 0 Å². The molecular weight excluding hydrogens is 422 g/mol. The number of carbonyl (C=O) groups excluding carboxylic acids is 1. The van der Waals surface area contributed by atoms with Gasteiger partial charge in [-0.2, -0.15) is 0 Å². The molecule has 2 aliphatic heterocycles. The molecule has 0 aromatic heterocycles. The summed E-state index contributed by atoms with van der Waals surface area (Å²) in [5, 5.41) is 12.5. The highest BCUT2D eigenvalue weighted by Crippen LogP contribution is 2.55. The van der Waals surface area contributed by atoms with Crippen molar-refractivity contribution < 1.29 is 28.8 Å². The normalized spacial score (nSPS) is 35.8. The molecule has 4 saturated carbocycles. The fourth-order valence-electron chi connectivity index (χ4n) is 7.14. The number of carbonyl (C=O) groups is 1. The van der Waals surface area contributed by atoms with Gasteiger partial charge in [-0.1, -0.05) is 6.07 Å². The fraction of sp³-hybridized carbons (Fsp3) is 0.654. The van der Waals surface area contributed by atoms with Gasteiger partial charge in [-0.25, -0.2) is 0 Å². The second kappa shape index (κ2) is 8.51. The Morgan fingerprint density at radius 2 is 1.79 bits per heavy atom. The van der Waals surface area contributed by atoms with Crippen LogP contribution in [0.25, 0.3) is 0 Å². The minimum atomic E-state index is -0.533. The van der Waals surface area contributed by atoms with Gasteiger partial charge in [0.2, 0.25) is 13.1 Å². The third kappa shape index (κ3) is 4.21. The standard InChI is InChI=1S/C26H33NO6/c28-4-1-5-30-24-11-20(19-2-3-21-22(9-19)32-15-31-21)10-23(33-24)25(29)27-26-12-16-6-17(13-26)8-18(7-16)14-26/h2-3,9-10,16-18,20,24,28H,1,4-8,11-15H2,(H,27,29)/t16?,17?,18?,20-,24+,26?/m1/s1. The van der Waals surface area contributed by atoms with E-state index >= 15 is 0 Å². The number of rotatable bonds is 7. The molecule has 7 rings (SSSR count). The topological polar surface area (TPSA) is 86.3 Å². The highest BCUT2D eigenvalue weighted by atomic mass is 16.7. The molecule has 2 N–H and O–H groups in total. The number of amides is 1. The van der Waals surface area contributed by atoms with Crippen molar-refractivity contribution in [3.05, 3.63) is 35.6 Å². The summed E-state index contributed by atoms with van der Waals surface area (Å²) in [5.74, 6) is 3.92. The lowest BCUT2D eigenvalue weighted by molar-refractivity contribution is -0.150. The van der Waals surface area contributed by atoms with Gasteiger partial charge in [-0.15, -0.1) is 0 Å². The molecule has 1 aromatic carbocycles. The number of aliphatic hydroxyl groups is 1. The van der Waals surface area contributed by atoms with Gasteiger partial charge >= 0.3 is 0 Å². The number of benzene rings is 1. The van der Waals surface area contributed by atoms with Gasteiger partial charge in [0.1, 0.15) is 0 Å². The first-order chi connectivity index (χ1) is 16.1. The lowest BCUT2D eigenvalue weighted by Gasteiger charge is -2.56. The summed E-state index contributed by atoms with van der Waals surface area (Å²) in [5.41, 5.74) is 0.966. The first kappa shape index (κ1) is 21.3. The minimum Gasteiger partial charge on any atom is -0.459 e. The number of fused-ring (bicyclic) bond motifs is 1. The average molecular weight is 456 g/mol. The van der Waals surface area contributed by atoms with E-state index in [1.165, 1.54) is 19.3 Å². The highest BCUT2D eigenvalue weighted by molar-refractivity contribution is 5.92. The molecule has 4 aliphatic carbocycles. The zero-order valence-corrected chi connectivity index (χ0v) is 19.0. The molecule has 1 aromatic rings. The SMILES string of the molecule is O=C(NC12CC3CC(CC(C3)C1)C2)C1=C[C@@H](c2ccc3c(c2)OCO3)C[C@@H](OCCCO)O1. The Morgan fingerprint density at radius 3 is 2.52 bits per heavy atom. The average Bonchev–Trinajstić information content (AvgIpc) is 3.26. The lowest BCUT2D eigenvalue weighted by Crippen LogP contribution is -2.60. The van der Waals surface area contributed by atoms with Gasteiger partial charge in [-0.3, -0.25) is 4.79 Å². The lowest BCUT2D eigenvalue weighted by atomic mass is 9.53. The minimum absolute atomic E-state index is 0.0375. The van der Waals surface area contributed by atoms with Crippen molar-refractivity contribution in [1.29, 1.82) is 0 Å². The van der Waals surface area contributed by atoms with Crippen LogP contribution in [0, 0.1) is 17.8 Å². The van der Waals surface area contributed by atoms with E-state index in [1.54, 1.807) is 0 Å². The van der Waals surface area contributed by atoms with Crippen LogP contribution >= 0.6 is 0 Å². The Balaban J connectivity index is 1.22. The number of hydrogen-bond donors (Lipinski definition) is 2. The smallest absolute Gasteiger partial charge is 0.286 e. The van der Waals surface area contributed by atoms with Gasteiger partial charge in [0.05, 0.1) is 6.61 Å². The summed E-state index contributed by atoms with van der Waals surface area (Å²) in [6.07, 6.45) is 9.82. The van der Waals surface area contributed by atoms with E-state index in [2.05, 4.69) is 5.32 Å². The van der Waals surface area contributed by atoms with Crippen molar-refractivity contribution in [3.8, 4) is 11.5 Å². The van der Waals surface area contributed by atoms with E-state index in [1.807, 2.05) is 24.3 Å². The molecule has 33 heavy (non-hydrogen) atoms. The van der Waals surface area contributed by atoms with E-state index in [-0.39, 0.29) is 30.8 Å². The van der Waals surface area contributed by atoms with Crippen molar-refractivity contribution in [1.82, 2.24) is 5.32 Å². The summed E-state index contributed by atoms with van der Waals surface area (Å²) in [6, 6.07) is 5.91. The van der Waals surface area contributed by atoms with E-state index < -0.39 is 6.29 Å². The molecule has 1 amide bonds. The predicted octanol–water partition coefficient (Wildman–Crippen LogP) is 3.61. The van der Waals surface area contributed by atoms with Gasteiger partial charge in [-0.05, 0) is 86.5 Å². The molecule has 4 fully saturated rings. The summed E-state index contributed by atoms with van der Waals surface area (Å²) < 4.78 is 22.9. The second-order valence-electron chi connectivity index (χ2n) is 10.6. The van der Waals surface area contributed by atoms with E-state index in [0.717, 1.165) is 54.1 Å². The van der Waals surface area contributed by atoms with Crippen LogP contribution < -0.4 is 14.8 Å². The Labute approximate surface area is 194 Å². The molecule has 0 radical (unpaired) electrons. The van der Waals surface area contributed by atoms with Gasteiger partial charge < -0.3 is 29.4 Å². The van der Waals surface area contributed by atoms with Gasteiger partial charge in [0.25, 0.3) is 5.91 Å². The fourth-order valence-corrected chi connectivity index (χ4v) is 7.14. The summed E-state index contributed by atoms with van der Waals surface area (Å²) in [7, 11) is 0. The quantitative estimate of drug-likeness (QED) is 0.611. The molecule has 2 atom stereocenters. The zero-order valence-electron chi connectivity index (χ0n) is 19.0. The number of ether oxygens (including phenoxy) is 4. The summed E-state index contributed by atoms with van der Waals surface area (Å²) in [6.45, 7) is 0.681. The van der Waals surface area contributed by atoms with Crippen LogP contribution in [-0.2, 0) is 14.3 Å². The third-order valence-corrected chi connectivity index (χ3v) is 8.13. The molecule has 0 spiro atoms. The number of allylic oxidation sites excluding steroid dienone is 1. The Kier molecular flexibility index (Phi) is 5.49. The van der Waals surface area contributed by atoms with Crippen LogP contribution in [0.5, 0.6) is 11.5 Å². The molecule has 2 heterocycles. The third-order valence-electron chi connectivity index (χ3n) is 8.13. The van der Waals surface area contributed by atoms with Crippen LogP contribution in [0.3, 0.4) is 0 Å². The second-order valence-corrected chi connectivity index (χ2v) is 10.6. The number of aliphatic hydroxyl groups excluding tert-OH is 1. The molecule has 6 aliphatic rings. The summed E-state index contributed by atoms with van der Waals surface area (Å²) >= 11 is 0. The molecule has 7 nitrogen and oxygen atoms in total. The Morgan fingerprint density at radius 1 is 1.06 bits per heavy atom. The molecule has 4 bridgehead atoms. The van der Waals surface area contributed by atoms with Crippen LogP contribution in [0.4, 0.5) is 0 Å². The van der Waals surface area contributed by atoms with E-state index in [4.69, 9.17) is 24.1 Å². The largest absolute Gasteiger partial charge is 0.459 e. The van der Waals surface area contributed by atoms with Crippen LogP contribution in [0.2, 0.25) is 0 Å². The first-order valence-corrected chi connectivity index (χ1v) is 12.4. The van der Waals surface area contributed by atoms with Crippen molar-refractivity contribution >= 4 is 5.91 Å². The van der Waals surface area contributed by atoms with Crippen molar-refractivity contribution in [2.45, 2.75) is 69.1 Å². The maximum absolute atomic E-state index is 13.5. The van der Waals surface area contributed by atoms with Crippen LogP contribution in [-0.4, -0.2) is 42.8 Å². The van der Waals surface area contributed by atoms with Crippen molar-refractivity contribution in [2.24, 2.45) is 17.8 Å². The van der Waals surface area contributed by atoms with E-state index in [9.17, 15) is 4.79 Å². The molecule has 7 heteroatoms. The number of nitrogens with one attached hydrogen (secondary N) is 1. The molecular formula is C26H33NO6. The molecule has 0 saturated heterocycles. The van der Waals surface area contributed by atoms with Crippen LogP contribution in [0.1, 0.15) is 62.8 Å². The first-order valence-electron chi connectivity index (χ1n) is 12.4. The van der Waals surface area contributed by atoms with Gasteiger partial charge in [0, 0.05) is 24.5 Å². The Hall–Kier alpha value is -2.25. The maximum atomic E-state index is 13.5. The van der Waals surface area contributed by atoms with Gasteiger partial charge in [0.15, 0.2) is 17.3 Å². The highest BCUT2D eigenvalue weighted by Gasteiger charge is 2.52. The zero-order chi connectivity index (χ0) is 22.4. The van der Waals surface area contributed by atoms with Crippen LogP contribution in [0.15, 0.2) is 30.0 Å². The number of hydrogen-bond acceptors (Lipinski definition) is 6. The maximum Gasteiger partial charge on any atom is 0.286 e. The molecule has 178 valence electrons.